The van der Waals surface area contributed by atoms with Gasteiger partial charge in [-0.25, -0.2) is 4.79 Å². The third-order valence-corrected chi connectivity index (χ3v) is 7.04. The molecule has 0 spiro atoms. The van der Waals surface area contributed by atoms with Gasteiger partial charge in [0, 0.05) is 51.0 Å². The molecule has 1 atom stereocenters. The van der Waals surface area contributed by atoms with Gasteiger partial charge >= 0.3 is 5.97 Å². The quantitative estimate of drug-likeness (QED) is 0.688. The zero-order valence-corrected chi connectivity index (χ0v) is 18.2. The highest BCUT2D eigenvalue weighted by molar-refractivity contribution is 7.08. The van der Waals surface area contributed by atoms with Gasteiger partial charge in [0.15, 0.2) is 0 Å². The summed E-state index contributed by atoms with van der Waals surface area (Å²) < 4.78 is 5.09. The van der Waals surface area contributed by atoms with Crippen molar-refractivity contribution in [2.24, 2.45) is 0 Å². The van der Waals surface area contributed by atoms with Crippen molar-refractivity contribution in [3.05, 3.63) is 52.2 Å². The predicted octanol–water partition coefficient (Wildman–Crippen LogP) is 3.12. The summed E-state index contributed by atoms with van der Waals surface area (Å²) in [6.45, 7) is 5.94. The second kappa shape index (κ2) is 9.61. The fraction of sp³-hybridized carbons (Fsp3) is 0.478. The molecule has 2 aliphatic rings. The van der Waals surface area contributed by atoms with Gasteiger partial charge in [0.2, 0.25) is 0 Å². The Labute approximate surface area is 182 Å². The number of nitrogens with zero attached hydrogens (tertiary/aromatic N) is 4. The molecular formula is C23H28N4O2S. The Morgan fingerprint density at radius 3 is 2.37 bits per heavy atom. The lowest BCUT2D eigenvalue weighted by Crippen LogP contribution is -2.54. The zero-order chi connectivity index (χ0) is 20.9. The highest BCUT2D eigenvalue weighted by Crippen LogP contribution is 2.29. The van der Waals surface area contributed by atoms with E-state index in [1.54, 1.807) is 11.3 Å². The van der Waals surface area contributed by atoms with E-state index in [1.165, 1.54) is 12.8 Å². The van der Waals surface area contributed by atoms with E-state index in [0.29, 0.717) is 11.6 Å². The predicted molar refractivity (Wildman–Crippen MR) is 119 cm³/mol. The maximum atomic E-state index is 12.4. The number of thiophene rings is 1. The van der Waals surface area contributed by atoms with E-state index >= 15 is 0 Å². The minimum absolute atomic E-state index is 0.164. The number of rotatable bonds is 5. The van der Waals surface area contributed by atoms with Crippen LogP contribution in [0.2, 0.25) is 0 Å². The summed E-state index contributed by atoms with van der Waals surface area (Å²) in [5, 5.41) is 13.0. The first kappa shape index (κ1) is 20.9. The summed E-state index contributed by atoms with van der Waals surface area (Å²) in [7, 11) is 1.47. The molecule has 7 heteroatoms. The van der Waals surface area contributed by atoms with Gasteiger partial charge in [-0.1, -0.05) is 0 Å². The van der Waals surface area contributed by atoms with Crippen LogP contribution >= 0.6 is 11.3 Å². The number of nitriles is 1. The van der Waals surface area contributed by atoms with Crippen molar-refractivity contribution >= 4 is 23.0 Å². The van der Waals surface area contributed by atoms with Gasteiger partial charge in [-0.15, -0.1) is 0 Å². The number of likely N-dealkylation sites (tertiary alicyclic amines) is 1. The van der Waals surface area contributed by atoms with E-state index in [0.717, 1.165) is 57.7 Å². The normalized spacial score (nSPS) is 19.9. The molecule has 1 aromatic carbocycles. The number of carbonyl (C=O) groups excluding carboxylic acids is 1. The van der Waals surface area contributed by atoms with Crippen LogP contribution in [0.1, 0.15) is 30.0 Å². The molecule has 0 N–H and O–H groups in total. The Balaban J connectivity index is 1.30. The largest absolute Gasteiger partial charge is 0.468 e. The zero-order valence-electron chi connectivity index (χ0n) is 17.4. The summed E-state index contributed by atoms with van der Waals surface area (Å²) in [5.41, 5.74) is 2.94. The monoisotopic (exact) mass is 424 g/mol. The molecule has 2 aliphatic heterocycles. The molecule has 0 aliphatic carbocycles. The van der Waals surface area contributed by atoms with Gasteiger partial charge in [-0.3, -0.25) is 9.80 Å². The molecule has 3 heterocycles. The topological polar surface area (TPSA) is 59.8 Å². The summed E-state index contributed by atoms with van der Waals surface area (Å²) in [6.07, 6.45) is 2.16. The van der Waals surface area contributed by atoms with Crippen LogP contribution in [0, 0.1) is 11.3 Å². The number of benzene rings is 1. The summed E-state index contributed by atoms with van der Waals surface area (Å²) >= 11 is 1.62. The minimum Gasteiger partial charge on any atom is -0.468 e. The standard InChI is InChI=1S/C23H28N4O2S/c1-29-23(28)22(19-8-15-30-17-19)27-9-6-21(7-10-27)26-13-11-25(12-14-26)20-4-2-18(16-24)3-5-20/h2-5,8,15,17,21-22H,6-7,9-14H2,1H3. The summed E-state index contributed by atoms with van der Waals surface area (Å²) in [5.74, 6) is -0.164. The number of piperidine rings is 1. The smallest absolute Gasteiger partial charge is 0.327 e. The van der Waals surface area contributed by atoms with Crippen LogP contribution in [0.4, 0.5) is 5.69 Å². The van der Waals surface area contributed by atoms with Crippen LogP contribution in [0.25, 0.3) is 0 Å². The van der Waals surface area contributed by atoms with Crippen molar-refractivity contribution in [2.45, 2.75) is 24.9 Å². The van der Waals surface area contributed by atoms with Crippen LogP contribution in [0.5, 0.6) is 0 Å². The van der Waals surface area contributed by atoms with Crippen molar-refractivity contribution in [1.29, 1.82) is 5.26 Å². The molecular weight excluding hydrogens is 396 g/mol. The average Bonchev–Trinajstić information content (AvgIpc) is 3.34. The minimum atomic E-state index is -0.282. The van der Waals surface area contributed by atoms with Crippen molar-refractivity contribution in [1.82, 2.24) is 9.80 Å². The summed E-state index contributed by atoms with van der Waals surface area (Å²) in [4.78, 5) is 19.7. The third-order valence-electron chi connectivity index (χ3n) is 6.34. The highest BCUT2D eigenvalue weighted by Gasteiger charge is 2.34. The first-order valence-electron chi connectivity index (χ1n) is 10.5. The number of hydrogen-bond acceptors (Lipinski definition) is 7. The number of ether oxygens (including phenoxy) is 1. The molecule has 1 unspecified atom stereocenters. The Morgan fingerprint density at radius 1 is 1.10 bits per heavy atom. The fourth-order valence-electron chi connectivity index (χ4n) is 4.64. The van der Waals surface area contributed by atoms with Crippen molar-refractivity contribution in [3.8, 4) is 6.07 Å². The Hall–Kier alpha value is -2.40. The Bertz CT molecular complexity index is 862. The van der Waals surface area contributed by atoms with E-state index in [2.05, 4.69) is 26.1 Å². The number of carbonyl (C=O) groups is 1. The number of piperazine rings is 1. The van der Waals surface area contributed by atoms with Gasteiger partial charge in [-0.05, 0) is 59.5 Å². The molecule has 2 aromatic rings. The molecule has 30 heavy (non-hydrogen) atoms. The lowest BCUT2D eigenvalue weighted by atomic mass is 9.98. The highest BCUT2D eigenvalue weighted by atomic mass is 32.1. The van der Waals surface area contributed by atoms with E-state index in [1.807, 2.05) is 35.7 Å². The van der Waals surface area contributed by atoms with Crippen LogP contribution in [-0.4, -0.2) is 68.2 Å². The van der Waals surface area contributed by atoms with Crippen molar-refractivity contribution in [2.75, 3.05) is 51.3 Å². The van der Waals surface area contributed by atoms with Crippen LogP contribution in [0.15, 0.2) is 41.1 Å². The summed E-state index contributed by atoms with van der Waals surface area (Å²) in [6, 6.07) is 12.4. The third kappa shape index (κ3) is 4.51. The molecule has 0 saturated carbocycles. The maximum Gasteiger partial charge on any atom is 0.327 e. The number of methoxy groups -OCH3 is 1. The molecule has 1 aromatic heterocycles. The van der Waals surface area contributed by atoms with Gasteiger partial charge in [0.25, 0.3) is 0 Å². The van der Waals surface area contributed by atoms with Crippen LogP contribution < -0.4 is 4.90 Å². The molecule has 0 amide bonds. The van der Waals surface area contributed by atoms with Gasteiger partial charge in [0.05, 0.1) is 18.7 Å². The first-order chi connectivity index (χ1) is 14.7. The van der Waals surface area contributed by atoms with Crippen molar-refractivity contribution < 1.29 is 9.53 Å². The number of hydrogen-bond donors (Lipinski definition) is 0. The van der Waals surface area contributed by atoms with Gasteiger partial charge in [0.1, 0.15) is 6.04 Å². The Morgan fingerprint density at radius 2 is 1.80 bits per heavy atom. The fourth-order valence-corrected chi connectivity index (χ4v) is 5.32. The second-order valence-corrected chi connectivity index (χ2v) is 8.71. The Kier molecular flexibility index (Phi) is 6.68. The molecule has 6 nitrogen and oxygen atoms in total. The second-order valence-electron chi connectivity index (χ2n) is 7.93. The maximum absolute atomic E-state index is 12.4. The molecule has 2 fully saturated rings. The average molecular weight is 425 g/mol. The molecule has 4 rings (SSSR count). The molecule has 158 valence electrons. The first-order valence-corrected chi connectivity index (χ1v) is 11.5. The lowest BCUT2D eigenvalue weighted by Gasteiger charge is -2.44. The molecule has 0 bridgehead atoms. The SMILES string of the molecule is COC(=O)C(c1ccsc1)N1CCC(N2CCN(c3ccc(C#N)cc3)CC2)CC1. The van der Waals surface area contributed by atoms with E-state index in [9.17, 15) is 4.79 Å². The van der Waals surface area contributed by atoms with Gasteiger partial charge in [-0.2, -0.15) is 16.6 Å². The molecule has 2 saturated heterocycles. The van der Waals surface area contributed by atoms with Gasteiger partial charge < -0.3 is 9.64 Å². The van der Waals surface area contributed by atoms with E-state index < -0.39 is 0 Å². The van der Waals surface area contributed by atoms with Crippen molar-refractivity contribution in [3.63, 3.8) is 0 Å². The number of anilines is 1. The lowest BCUT2D eigenvalue weighted by molar-refractivity contribution is -0.148. The van der Waals surface area contributed by atoms with E-state index in [-0.39, 0.29) is 12.0 Å². The van der Waals surface area contributed by atoms with Crippen LogP contribution in [-0.2, 0) is 9.53 Å². The van der Waals surface area contributed by atoms with Crippen LogP contribution in [0.3, 0.4) is 0 Å². The van der Waals surface area contributed by atoms with E-state index in [4.69, 9.17) is 10.00 Å². The molecule has 0 radical (unpaired) electrons. The number of esters is 1.